The van der Waals surface area contributed by atoms with Crippen LogP contribution in [0.15, 0.2) is 12.1 Å². The van der Waals surface area contributed by atoms with Gasteiger partial charge in [-0.25, -0.2) is 9.78 Å². The van der Waals surface area contributed by atoms with Gasteiger partial charge in [0.2, 0.25) is 5.95 Å². The Morgan fingerprint density at radius 2 is 2.06 bits per heavy atom. The van der Waals surface area contributed by atoms with Crippen LogP contribution >= 0.6 is 0 Å². The van der Waals surface area contributed by atoms with E-state index in [1.54, 1.807) is 12.1 Å². The summed E-state index contributed by atoms with van der Waals surface area (Å²) in [6, 6.07) is 2.92. The van der Waals surface area contributed by atoms with E-state index in [2.05, 4.69) is 30.8 Å². The largest absolute Gasteiger partial charge is 0.490 e. The number of aromatic amines is 1. The number of alkyl halides is 3. The lowest BCUT2D eigenvalue weighted by Crippen LogP contribution is -2.68. The van der Waals surface area contributed by atoms with Gasteiger partial charge in [0.15, 0.2) is 5.82 Å². The summed E-state index contributed by atoms with van der Waals surface area (Å²) in [4.78, 5) is 20.4. The molecular formula is C21H25F3N6O4. The molecule has 0 amide bonds. The van der Waals surface area contributed by atoms with E-state index < -0.39 is 35.8 Å². The number of hydrogen-bond acceptors (Lipinski definition) is 9. The number of nitrogens with one attached hydrogen (secondary N) is 3. The minimum atomic E-state index is -5.14. The van der Waals surface area contributed by atoms with Crippen LogP contribution in [0.4, 0.5) is 30.8 Å². The average Bonchev–Trinajstić information content (AvgIpc) is 3.16. The number of aliphatic hydroxyl groups excluding tert-OH is 1. The van der Waals surface area contributed by atoms with Gasteiger partial charge in [-0.2, -0.15) is 23.3 Å². The molecule has 4 bridgehead atoms. The van der Waals surface area contributed by atoms with Crippen molar-refractivity contribution in [1.82, 2.24) is 20.2 Å². The number of nitrogens with zero attached hydrogens (tertiary/aromatic N) is 3. The Morgan fingerprint density at radius 1 is 1.26 bits per heavy atom. The summed E-state index contributed by atoms with van der Waals surface area (Å²) < 4.78 is 43.6. The van der Waals surface area contributed by atoms with Gasteiger partial charge in [0, 0.05) is 29.8 Å². The average molecular weight is 482 g/mol. The van der Waals surface area contributed by atoms with E-state index in [1.807, 2.05) is 6.92 Å². The third kappa shape index (κ3) is 4.17. The molecule has 184 valence electrons. The van der Waals surface area contributed by atoms with Crippen LogP contribution < -0.4 is 10.6 Å². The van der Waals surface area contributed by atoms with E-state index in [4.69, 9.17) is 4.74 Å². The molecule has 2 heterocycles. The van der Waals surface area contributed by atoms with Gasteiger partial charge < -0.3 is 25.6 Å². The minimum absolute atomic E-state index is 0.0462. The van der Waals surface area contributed by atoms with Crippen molar-refractivity contribution in [3.8, 4) is 0 Å². The maximum atomic E-state index is 12.9. The summed E-state index contributed by atoms with van der Waals surface area (Å²) in [5.74, 6) is -1.66. The molecule has 6 unspecified atom stereocenters. The van der Waals surface area contributed by atoms with E-state index >= 15 is 0 Å². The van der Waals surface area contributed by atoms with E-state index in [9.17, 15) is 28.2 Å². The number of anilines is 3. The fourth-order valence-corrected chi connectivity index (χ4v) is 5.98. The highest BCUT2D eigenvalue weighted by Crippen LogP contribution is 2.57. The van der Waals surface area contributed by atoms with Gasteiger partial charge in [-0.05, 0) is 44.4 Å². The SMILES string of the molecule is Cc1cc(Nc2cc(CO)nc(NC3C4CC5CC3C(OC(=O)C(F)(F)F)C(O)(C5)C4)n2)n[nH]1. The maximum Gasteiger partial charge on any atom is 0.490 e. The van der Waals surface area contributed by atoms with Crippen molar-refractivity contribution in [2.24, 2.45) is 17.8 Å². The molecule has 0 aliphatic heterocycles. The summed E-state index contributed by atoms with van der Waals surface area (Å²) in [7, 11) is 0. The zero-order chi connectivity index (χ0) is 24.3. The Bertz CT molecular complexity index is 1090. The molecule has 0 saturated heterocycles. The Kier molecular flexibility index (Phi) is 5.43. The molecule has 2 aromatic heterocycles. The third-order valence-corrected chi connectivity index (χ3v) is 7.05. The summed E-state index contributed by atoms with van der Waals surface area (Å²) >= 11 is 0. The zero-order valence-electron chi connectivity index (χ0n) is 18.3. The van der Waals surface area contributed by atoms with Crippen LogP contribution in [0.2, 0.25) is 0 Å². The summed E-state index contributed by atoms with van der Waals surface area (Å²) in [6.07, 6.45) is -4.58. The van der Waals surface area contributed by atoms with Crippen molar-refractivity contribution in [3.63, 3.8) is 0 Å². The second-order valence-electron chi connectivity index (χ2n) is 9.55. The predicted octanol–water partition coefficient (Wildman–Crippen LogP) is 2.18. The molecule has 13 heteroatoms. The van der Waals surface area contributed by atoms with Crippen LogP contribution in [0.5, 0.6) is 0 Å². The van der Waals surface area contributed by atoms with Gasteiger partial charge in [-0.15, -0.1) is 0 Å². The number of carbonyl (C=O) groups excluding carboxylic acids is 1. The molecule has 2 aromatic rings. The predicted molar refractivity (Wildman–Crippen MR) is 112 cm³/mol. The van der Waals surface area contributed by atoms with Gasteiger partial charge >= 0.3 is 12.1 Å². The number of hydrogen-bond donors (Lipinski definition) is 5. The molecule has 0 radical (unpaired) electrons. The number of aryl methyl sites for hydroxylation is 1. The van der Waals surface area contributed by atoms with Crippen LogP contribution in [-0.4, -0.2) is 60.3 Å². The molecular weight excluding hydrogens is 457 g/mol. The highest BCUT2D eigenvalue weighted by atomic mass is 19.4. The number of H-pyrrole nitrogens is 1. The quantitative estimate of drug-likeness (QED) is 0.391. The minimum Gasteiger partial charge on any atom is -0.452 e. The molecule has 6 atom stereocenters. The fraction of sp³-hybridized carbons (Fsp3) is 0.619. The van der Waals surface area contributed by atoms with Crippen molar-refractivity contribution in [2.75, 3.05) is 10.6 Å². The van der Waals surface area contributed by atoms with Crippen molar-refractivity contribution >= 4 is 23.6 Å². The van der Waals surface area contributed by atoms with Crippen molar-refractivity contribution in [1.29, 1.82) is 0 Å². The van der Waals surface area contributed by atoms with E-state index in [1.165, 1.54) is 0 Å². The van der Waals surface area contributed by atoms with Crippen molar-refractivity contribution < 1.29 is 32.9 Å². The number of aliphatic hydroxyl groups is 2. The number of carbonyl (C=O) groups is 1. The van der Waals surface area contributed by atoms with Gasteiger partial charge in [-0.3, -0.25) is 5.10 Å². The van der Waals surface area contributed by atoms with Crippen molar-refractivity contribution in [3.05, 3.63) is 23.5 Å². The Labute approximate surface area is 192 Å². The smallest absolute Gasteiger partial charge is 0.452 e. The van der Waals surface area contributed by atoms with Gasteiger partial charge in [0.05, 0.1) is 12.3 Å². The lowest BCUT2D eigenvalue weighted by molar-refractivity contribution is -0.249. The summed E-state index contributed by atoms with van der Waals surface area (Å²) in [5, 5.41) is 33.9. The lowest BCUT2D eigenvalue weighted by atomic mass is 9.51. The van der Waals surface area contributed by atoms with Crippen LogP contribution in [0.3, 0.4) is 0 Å². The molecule has 5 N–H and O–H groups in total. The first-order valence-electron chi connectivity index (χ1n) is 11.1. The number of rotatable bonds is 6. The first-order chi connectivity index (χ1) is 16.0. The second kappa shape index (κ2) is 8.08. The van der Waals surface area contributed by atoms with Crippen molar-refractivity contribution in [2.45, 2.75) is 63.1 Å². The van der Waals surface area contributed by atoms with Gasteiger partial charge in [0.1, 0.15) is 17.5 Å². The first-order valence-corrected chi connectivity index (χ1v) is 11.1. The highest BCUT2D eigenvalue weighted by Gasteiger charge is 2.63. The normalized spacial score (nSPS) is 32.0. The highest BCUT2D eigenvalue weighted by molar-refractivity contribution is 5.76. The van der Waals surface area contributed by atoms with Crippen LogP contribution in [0.1, 0.15) is 37.1 Å². The second-order valence-corrected chi connectivity index (χ2v) is 9.55. The number of aromatic nitrogens is 4. The lowest BCUT2D eigenvalue weighted by Gasteiger charge is -2.61. The number of ether oxygens (including phenoxy) is 1. The molecule has 0 aromatic carbocycles. The number of halogens is 3. The molecule has 6 rings (SSSR count). The molecule has 10 nitrogen and oxygen atoms in total. The monoisotopic (exact) mass is 482 g/mol. The zero-order valence-corrected chi connectivity index (χ0v) is 18.3. The third-order valence-electron chi connectivity index (χ3n) is 7.05. The van der Waals surface area contributed by atoms with E-state index in [0.29, 0.717) is 30.2 Å². The molecule has 4 aliphatic rings. The van der Waals surface area contributed by atoms with Gasteiger partial charge in [-0.1, -0.05) is 0 Å². The number of esters is 1. The molecule has 34 heavy (non-hydrogen) atoms. The fourth-order valence-electron chi connectivity index (χ4n) is 5.98. The first kappa shape index (κ1) is 22.8. The summed E-state index contributed by atoms with van der Waals surface area (Å²) in [5.41, 5.74) is -0.313. The van der Waals surface area contributed by atoms with Crippen LogP contribution in [-0.2, 0) is 16.1 Å². The maximum absolute atomic E-state index is 12.9. The molecule has 4 fully saturated rings. The Hall–Kier alpha value is -2.93. The molecule has 4 saturated carbocycles. The molecule has 4 aliphatic carbocycles. The Balaban J connectivity index is 1.40. The molecule has 0 spiro atoms. The van der Waals surface area contributed by atoms with Crippen LogP contribution in [0, 0.1) is 24.7 Å². The Morgan fingerprint density at radius 3 is 2.74 bits per heavy atom. The topological polar surface area (TPSA) is 145 Å². The van der Waals surface area contributed by atoms with Gasteiger partial charge in [0.25, 0.3) is 0 Å². The van der Waals surface area contributed by atoms with E-state index in [-0.39, 0.29) is 30.8 Å². The summed E-state index contributed by atoms with van der Waals surface area (Å²) in [6.45, 7) is 1.49. The van der Waals surface area contributed by atoms with Crippen LogP contribution in [0.25, 0.3) is 0 Å². The van der Waals surface area contributed by atoms with E-state index in [0.717, 1.165) is 12.1 Å². The standard InChI is InChI=1S/C21H25F3N6O4/c1-9-2-15(30-29-9)26-14-5-12(8-31)25-19(27-14)28-16-11-3-10-4-13(16)17(20(33,6-10)7-11)34-18(32)21(22,23)24/h2,5,10-11,13,16-17,31,33H,3-4,6-8H2,1H3,(H3,25,26,27,28,29,30).